The van der Waals surface area contributed by atoms with Gasteiger partial charge in [0.05, 0.1) is 21.0 Å². The predicted molar refractivity (Wildman–Crippen MR) is 107 cm³/mol. The summed E-state index contributed by atoms with van der Waals surface area (Å²) >= 11 is 0. The molecule has 0 atom stereocenters. The minimum absolute atomic E-state index is 0.0417. The molecule has 0 radical (unpaired) electrons. The van der Waals surface area contributed by atoms with Crippen LogP contribution < -0.4 is 5.32 Å². The Labute approximate surface area is 180 Å². The van der Waals surface area contributed by atoms with E-state index in [1.54, 1.807) is 6.07 Å². The van der Waals surface area contributed by atoms with E-state index in [2.05, 4.69) is 5.32 Å². The Hall–Kier alpha value is -3.92. The first-order valence-corrected chi connectivity index (χ1v) is 10.6. The van der Waals surface area contributed by atoms with Gasteiger partial charge < -0.3 is 10.1 Å². The number of carbonyl (C=O) groups excluding carboxylic acids is 3. The summed E-state index contributed by atoms with van der Waals surface area (Å²) in [6.45, 7) is -0.804. The van der Waals surface area contributed by atoms with Crippen molar-refractivity contribution in [3.63, 3.8) is 0 Å². The van der Waals surface area contributed by atoms with Crippen molar-refractivity contribution in [3.8, 4) is 0 Å². The fourth-order valence-corrected chi connectivity index (χ4v) is 4.88. The van der Waals surface area contributed by atoms with E-state index in [0.717, 1.165) is 18.2 Å². The molecule has 0 bridgehead atoms. The lowest BCUT2D eigenvalue weighted by molar-refractivity contribution is -0.119. The summed E-state index contributed by atoms with van der Waals surface area (Å²) in [5.41, 5.74) is -0.533. The number of hydrogen-bond donors (Lipinski definition) is 1. The molecule has 32 heavy (non-hydrogen) atoms. The topological polar surface area (TPSA) is 107 Å². The molecule has 0 fully saturated rings. The molecular formula is C22H13F2NO6S. The first-order valence-electron chi connectivity index (χ1n) is 9.13. The number of sulfone groups is 1. The van der Waals surface area contributed by atoms with E-state index in [9.17, 15) is 31.6 Å². The van der Waals surface area contributed by atoms with Gasteiger partial charge in [-0.3, -0.25) is 9.59 Å². The lowest BCUT2D eigenvalue weighted by atomic mass is 10.0. The highest BCUT2D eigenvalue weighted by molar-refractivity contribution is 7.91. The van der Waals surface area contributed by atoms with Gasteiger partial charge in [-0.1, -0.05) is 12.1 Å². The van der Waals surface area contributed by atoms with E-state index in [1.165, 1.54) is 30.3 Å². The molecule has 4 rings (SSSR count). The summed E-state index contributed by atoms with van der Waals surface area (Å²) in [5.74, 6) is -4.24. The van der Waals surface area contributed by atoms with Gasteiger partial charge in [-0.05, 0) is 42.5 Å². The SMILES string of the molecule is O=C(COC(=O)c1ccc2c(c1)S(=O)(=O)c1ccccc1C2=O)Nc1ccc(F)cc1F. The van der Waals surface area contributed by atoms with Crippen LogP contribution in [0.1, 0.15) is 26.3 Å². The largest absolute Gasteiger partial charge is 0.452 e. The smallest absolute Gasteiger partial charge is 0.338 e. The lowest BCUT2D eigenvalue weighted by Crippen LogP contribution is -2.23. The van der Waals surface area contributed by atoms with Crippen molar-refractivity contribution in [2.24, 2.45) is 0 Å². The summed E-state index contributed by atoms with van der Waals surface area (Å²) in [6, 6.07) is 11.7. The van der Waals surface area contributed by atoms with Crippen molar-refractivity contribution >= 4 is 33.2 Å². The summed E-state index contributed by atoms with van der Waals surface area (Å²) in [5, 5.41) is 2.13. The summed E-state index contributed by atoms with van der Waals surface area (Å²) in [7, 11) is -4.05. The third kappa shape index (κ3) is 3.76. The predicted octanol–water partition coefficient (Wildman–Crippen LogP) is 3.14. The molecule has 0 saturated heterocycles. The van der Waals surface area contributed by atoms with Crippen LogP contribution in [0, 0.1) is 11.6 Å². The maximum Gasteiger partial charge on any atom is 0.338 e. The Morgan fingerprint density at radius 3 is 2.38 bits per heavy atom. The highest BCUT2D eigenvalue weighted by atomic mass is 32.2. The average molecular weight is 457 g/mol. The molecular weight excluding hydrogens is 444 g/mol. The molecule has 1 aliphatic heterocycles. The Balaban J connectivity index is 1.52. The number of nitrogens with one attached hydrogen (secondary N) is 1. The summed E-state index contributed by atoms with van der Waals surface area (Å²) in [4.78, 5) is 36.4. The van der Waals surface area contributed by atoms with Gasteiger partial charge in [0.15, 0.2) is 12.4 Å². The van der Waals surface area contributed by atoms with E-state index in [1.807, 2.05) is 0 Å². The fourth-order valence-electron chi connectivity index (χ4n) is 3.20. The number of ether oxygens (including phenoxy) is 1. The second kappa shape index (κ2) is 7.97. The van der Waals surface area contributed by atoms with Crippen LogP contribution in [-0.4, -0.2) is 32.7 Å². The normalized spacial score (nSPS) is 13.6. The molecule has 1 heterocycles. The van der Waals surface area contributed by atoms with E-state index in [4.69, 9.17) is 4.74 Å². The molecule has 3 aromatic rings. The lowest BCUT2D eigenvalue weighted by Gasteiger charge is -2.19. The number of halogens is 2. The number of anilines is 1. The molecule has 0 aromatic heterocycles. The summed E-state index contributed by atoms with van der Waals surface area (Å²) < 4.78 is 57.2. The standard InChI is InChI=1S/C22H13F2NO6S/c23-13-6-8-17(16(24)10-13)25-20(26)11-31-22(28)12-5-7-15-19(9-12)32(29,30)18-4-2-1-3-14(18)21(15)27/h1-10H,11H2,(H,25,26). The minimum Gasteiger partial charge on any atom is -0.452 e. The van der Waals surface area contributed by atoms with Crippen molar-refractivity contribution in [3.05, 3.63) is 89.0 Å². The van der Waals surface area contributed by atoms with Crippen LogP contribution in [0.5, 0.6) is 0 Å². The highest BCUT2D eigenvalue weighted by Crippen LogP contribution is 2.34. The molecule has 0 saturated carbocycles. The Morgan fingerprint density at radius 2 is 1.62 bits per heavy atom. The number of amides is 1. The molecule has 1 aliphatic rings. The first-order chi connectivity index (χ1) is 15.2. The van der Waals surface area contributed by atoms with Crippen LogP contribution in [0.15, 0.2) is 70.5 Å². The zero-order chi connectivity index (χ0) is 23.0. The zero-order valence-corrected chi connectivity index (χ0v) is 16.9. The maximum absolute atomic E-state index is 13.6. The van der Waals surface area contributed by atoms with Gasteiger partial charge in [-0.15, -0.1) is 0 Å². The monoisotopic (exact) mass is 457 g/mol. The Morgan fingerprint density at radius 1 is 0.906 bits per heavy atom. The molecule has 3 aromatic carbocycles. The van der Waals surface area contributed by atoms with Gasteiger partial charge in [0.25, 0.3) is 5.91 Å². The van der Waals surface area contributed by atoms with Crippen molar-refractivity contribution in [1.29, 1.82) is 0 Å². The number of rotatable bonds is 4. The first kappa shape index (κ1) is 21.3. The van der Waals surface area contributed by atoms with Gasteiger partial charge >= 0.3 is 5.97 Å². The molecule has 7 nitrogen and oxygen atoms in total. The van der Waals surface area contributed by atoms with Crippen molar-refractivity contribution in [1.82, 2.24) is 0 Å². The number of fused-ring (bicyclic) bond motifs is 2. The second-order valence-corrected chi connectivity index (χ2v) is 8.67. The van der Waals surface area contributed by atoms with Gasteiger partial charge in [-0.25, -0.2) is 22.0 Å². The average Bonchev–Trinajstić information content (AvgIpc) is 2.77. The van der Waals surface area contributed by atoms with Gasteiger partial charge in [-0.2, -0.15) is 0 Å². The minimum atomic E-state index is -4.05. The summed E-state index contributed by atoms with van der Waals surface area (Å²) in [6.07, 6.45) is 0. The third-order valence-electron chi connectivity index (χ3n) is 4.71. The molecule has 162 valence electrons. The van der Waals surface area contributed by atoms with Crippen LogP contribution in [-0.2, 0) is 19.4 Å². The van der Waals surface area contributed by atoms with Gasteiger partial charge in [0.2, 0.25) is 9.84 Å². The highest BCUT2D eigenvalue weighted by Gasteiger charge is 2.35. The molecule has 10 heteroatoms. The van der Waals surface area contributed by atoms with Crippen LogP contribution >= 0.6 is 0 Å². The van der Waals surface area contributed by atoms with Crippen LogP contribution in [0.3, 0.4) is 0 Å². The number of esters is 1. The third-order valence-corrected chi connectivity index (χ3v) is 6.56. The molecule has 1 amide bonds. The van der Waals surface area contributed by atoms with E-state index < -0.39 is 45.7 Å². The number of benzene rings is 3. The Kier molecular flexibility index (Phi) is 5.31. The maximum atomic E-state index is 13.6. The Bertz CT molecular complexity index is 1400. The van der Waals surface area contributed by atoms with Gasteiger partial charge in [0, 0.05) is 17.2 Å². The van der Waals surface area contributed by atoms with Crippen LogP contribution in [0.4, 0.5) is 14.5 Å². The molecule has 0 aliphatic carbocycles. The van der Waals surface area contributed by atoms with Crippen molar-refractivity contribution in [2.75, 3.05) is 11.9 Å². The fraction of sp³-hybridized carbons (Fsp3) is 0.0455. The molecule has 1 N–H and O–H groups in total. The molecule has 0 spiro atoms. The van der Waals surface area contributed by atoms with Gasteiger partial charge in [0.1, 0.15) is 11.6 Å². The van der Waals surface area contributed by atoms with E-state index in [0.29, 0.717) is 6.07 Å². The van der Waals surface area contributed by atoms with Crippen molar-refractivity contribution in [2.45, 2.75) is 9.79 Å². The number of ketones is 1. The zero-order valence-electron chi connectivity index (χ0n) is 16.1. The van der Waals surface area contributed by atoms with Crippen molar-refractivity contribution < 1.29 is 36.3 Å². The number of carbonyl (C=O) groups is 3. The second-order valence-electron chi connectivity index (χ2n) is 6.79. The van der Waals surface area contributed by atoms with Crippen LogP contribution in [0.25, 0.3) is 0 Å². The van der Waals surface area contributed by atoms with Crippen LogP contribution in [0.2, 0.25) is 0 Å². The van der Waals surface area contributed by atoms with E-state index in [-0.39, 0.29) is 32.2 Å². The molecule has 0 unspecified atom stereocenters. The number of hydrogen-bond acceptors (Lipinski definition) is 6. The quantitative estimate of drug-likeness (QED) is 0.472. The van der Waals surface area contributed by atoms with E-state index >= 15 is 0 Å².